The van der Waals surface area contributed by atoms with Gasteiger partial charge in [0.1, 0.15) is 17.3 Å². The SMILES string of the molecule is CC1(C)S[C@@H]2[C@@H](NC(=O)C(C(=O)[O-])c3ccsc3)C(=O)N2[C@@H]1C(=O)[O-].[Na+].[Na+]. The fourth-order valence-corrected chi connectivity index (χ4v) is 5.50. The van der Waals surface area contributed by atoms with Crippen molar-refractivity contribution in [1.29, 1.82) is 0 Å². The standard InChI is InChI=1S/C15H16N2O6S2.2Na/c1-15(2)9(14(22)23)17-11(19)8(12(17)25-15)16-10(18)7(13(20)21)6-3-4-24-5-6;;/h3-5,7-9,12H,1-2H3,(H,16,18)(H,20,21)(H,22,23);;/q;2*+1/p-2/t7?,8-,9+,12+;;/m0../s1. The first kappa shape index (κ1) is 25.0. The normalized spacial score (nSPS) is 25.9. The zero-order valence-corrected chi connectivity index (χ0v) is 20.9. The van der Waals surface area contributed by atoms with Crippen LogP contribution < -0.4 is 74.6 Å². The smallest absolute Gasteiger partial charge is 0.549 e. The van der Waals surface area contributed by atoms with E-state index in [9.17, 15) is 29.4 Å². The molecule has 134 valence electrons. The molecule has 3 heterocycles. The molecule has 1 aromatic heterocycles. The van der Waals surface area contributed by atoms with E-state index in [1.54, 1.807) is 19.2 Å². The van der Waals surface area contributed by atoms with Crippen LogP contribution >= 0.6 is 23.1 Å². The van der Waals surface area contributed by atoms with E-state index in [2.05, 4.69) is 5.32 Å². The van der Waals surface area contributed by atoms with Crippen LogP contribution in [0.25, 0.3) is 0 Å². The molecule has 0 saturated carbocycles. The molecule has 1 aromatic rings. The van der Waals surface area contributed by atoms with Gasteiger partial charge in [-0.3, -0.25) is 9.59 Å². The zero-order valence-electron chi connectivity index (χ0n) is 15.3. The maximum Gasteiger partial charge on any atom is 1.00 e. The first-order valence-corrected chi connectivity index (χ1v) is 9.21. The molecule has 0 bridgehead atoms. The molecule has 0 aromatic carbocycles. The average molecular weight is 428 g/mol. The summed E-state index contributed by atoms with van der Waals surface area (Å²) >= 11 is 2.47. The summed E-state index contributed by atoms with van der Waals surface area (Å²) in [4.78, 5) is 48.5. The second kappa shape index (κ2) is 9.17. The first-order valence-electron chi connectivity index (χ1n) is 7.39. The Morgan fingerprint density at radius 2 is 1.89 bits per heavy atom. The molecule has 1 unspecified atom stereocenters. The van der Waals surface area contributed by atoms with Crippen molar-refractivity contribution >= 4 is 46.9 Å². The van der Waals surface area contributed by atoms with Crippen molar-refractivity contribution < 1.29 is 88.5 Å². The fraction of sp³-hybridized carbons (Fsp3) is 0.467. The number of hydrogen-bond acceptors (Lipinski definition) is 8. The molecule has 12 heteroatoms. The second-order valence-corrected chi connectivity index (χ2v) is 8.92. The number of hydrogen-bond donors (Lipinski definition) is 1. The Bertz CT molecular complexity index is 757. The topological polar surface area (TPSA) is 130 Å². The van der Waals surface area contributed by atoms with Crippen LogP contribution in [0.2, 0.25) is 0 Å². The van der Waals surface area contributed by atoms with Crippen molar-refractivity contribution in [2.75, 3.05) is 0 Å². The summed E-state index contributed by atoms with van der Waals surface area (Å²) in [6, 6.07) is -0.572. The summed E-state index contributed by atoms with van der Waals surface area (Å²) in [6.45, 7) is 3.36. The van der Waals surface area contributed by atoms with Gasteiger partial charge in [-0.1, -0.05) is 0 Å². The molecule has 27 heavy (non-hydrogen) atoms. The van der Waals surface area contributed by atoms with E-state index in [1.165, 1.54) is 39.4 Å². The number of aliphatic carboxylic acids is 2. The Morgan fingerprint density at radius 1 is 1.26 bits per heavy atom. The van der Waals surface area contributed by atoms with Crippen molar-refractivity contribution in [2.45, 2.75) is 42.0 Å². The van der Waals surface area contributed by atoms with Crippen molar-refractivity contribution in [1.82, 2.24) is 10.2 Å². The van der Waals surface area contributed by atoms with Crippen LogP contribution in [0.1, 0.15) is 25.3 Å². The number of rotatable bonds is 5. The molecule has 2 fully saturated rings. The third-order valence-electron chi connectivity index (χ3n) is 4.34. The third-order valence-corrected chi connectivity index (χ3v) is 6.61. The fourth-order valence-electron chi connectivity index (χ4n) is 3.20. The van der Waals surface area contributed by atoms with Gasteiger partial charge in [-0.2, -0.15) is 11.3 Å². The van der Waals surface area contributed by atoms with Crippen molar-refractivity contribution in [3.63, 3.8) is 0 Å². The second-order valence-electron chi connectivity index (χ2n) is 6.37. The van der Waals surface area contributed by atoms with Crippen molar-refractivity contribution in [2.24, 2.45) is 0 Å². The molecular formula is C15H14N2Na2O6S2. The van der Waals surface area contributed by atoms with Crippen LogP contribution in [0.3, 0.4) is 0 Å². The third kappa shape index (κ3) is 4.42. The van der Waals surface area contributed by atoms with Crippen LogP contribution in [0.5, 0.6) is 0 Å². The van der Waals surface area contributed by atoms with Gasteiger partial charge in [0.15, 0.2) is 0 Å². The number of carboxylic acids is 2. The molecule has 2 amide bonds. The van der Waals surface area contributed by atoms with Crippen LogP contribution in [-0.2, 0) is 19.2 Å². The predicted molar refractivity (Wildman–Crippen MR) is 85.1 cm³/mol. The van der Waals surface area contributed by atoms with E-state index in [1.807, 2.05) is 0 Å². The van der Waals surface area contributed by atoms with E-state index in [0.29, 0.717) is 0 Å². The monoisotopic (exact) mass is 428 g/mol. The number of thioether (sulfide) groups is 1. The molecule has 0 radical (unpaired) electrons. The summed E-state index contributed by atoms with van der Waals surface area (Å²) in [5, 5.41) is 27.7. The van der Waals surface area contributed by atoms with Crippen LogP contribution in [0, 0.1) is 0 Å². The first-order chi connectivity index (χ1) is 11.6. The number of amides is 2. The molecule has 1 N–H and O–H groups in total. The minimum atomic E-state index is -1.56. The Labute approximate surface area is 208 Å². The number of nitrogens with zero attached hydrogens (tertiary/aromatic N) is 1. The average Bonchev–Trinajstić information content (AvgIpc) is 3.09. The van der Waals surface area contributed by atoms with E-state index >= 15 is 0 Å². The number of carbonyl (C=O) groups excluding carboxylic acids is 4. The number of β-lactam (4-membered cyclic amide) rings is 1. The Balaban J connectivity index is 0.00000182. The summed E-state index contributed by atoms with van der Waals surface area (Å²) in [5.74, 6) is -5.86. The summed E-state index contributed by atoms with van der Waals surface area (Å²) < 4.78 is -0.778. The molecule has 3 rings (SSSR count). The van der Waals surface area contributed by atoms with Gasteiger partial charge in [0.05, 0.1) is 18.0 Å². The predicted octanol–water partition coefficient (Wildman–Crippen LogP) is -8.11. The van der Waals surface area contributed by atoms with Gasteiger partial charge >= 0.3 is 59.1 Å². The van der Waals surface area contributed by atoms with Gasteiger partial charge in [-0.05, 0) is 36.2 Å². The number of carboxylic acid groups (broad SMARTS) is 2. The molecule has 2 aliphatic rings. The quantitative estimate of drug-likeness (QED) is 0.280. The number of carbonyl (C=O) groups is 4. The molecule has 8 nitrogen and oxygen atoms in total. The summed E-state index contributed by atoms with van der Waals surface area (Å²) in [5.41, 5.74) is 0.276. The van der Waals surface area contributed by atoms with Gasteiger partial charge in [-0.25, -0.2) is 0 Å². The number of nitrogens with one attached hydrogen (secondary N) is 1. The molecule has 4 atom stereocenters. The van der Waals surface area contributed by atoms with E-state index in [-0.39, 0.29) is 64.7 Å². The minimum absolute atomic E-state index is 0. The summed E-state index contributed by atoms with van der Waals surface area (Å²) in [7, 11) is 0. The van der Waals surface area contributed by atoms with E-state index in [0.717, 1.165) is 0 Å². The van der Waals surface area contributed by atoms with Crippen LogP contribution in [-0.4, -0.2) is 50.9 Å². The van der Waals surface area contributed by atoms with Gasteiger partial charge in [0.25, 0.3) is 0 Å². The molecule has 0 spiro atoms. The minimum Gasteiger partial charge on any atom is -0.549 e. The molecule has 2 aliphatic heterocycles. The van der Waals surface area contributed by atoms with Crippen LogP contribution in [0.15, 0.2) is 16.8 Å². The largest absolute Gasteiger partial charge is 1.00 e. The van der Waals surface area contributed by atoms with E-state index < -0.39 is 51.9 Å². The maximum atomic E-state index is 12.4. The number of thiophene rings is 1. The molecule has 0 aliphatic carbocycles. The van der Waals surface area contributed by atoms with E-state index in [4.69, 9.17) is 0 Å². The maximum absolute atomic E-state index is 12.4. The van der Waals surface area contributed by atoms with Gasteiger partial charge in [0.2, 0.25) is 11.8 Å². The van der Waals surface area contributed by atoms with Gasteiger partial charge < -0.3 is 30.0 Å². The Morgan fingerprint density at radius 3 is 2.37 bits per heavy atom. The Hall–Kier alpha value is -0.0700. The van der Waals surface area contributed by atoms with Gasteiger partial charge in [-0.15, -0.1) is 11.8 Å². The molecule has 2 saturated heterocycles. The summed E-state index contributed by atoms with van der Waals surface area (Å²) in [6.07, 6.45) is 0. The van der Waals surface area contributed by atoms with Crippen molar-refractivity contribution in [3.8, 4) is 0 Å². The van der Waals surface area contributed by atoms with Gasteiger partial charge in [0, 0.05) is 4.75 Å². The molecular weight excluding hydrogens is 414 g/mol. The zero-order chi connectivity index (χ0) is 18.5. The van der Waals surface area contributed by atoms with Crippen molar-refractivity contribution in [3.05, 3.63) is 22.4 Å². The Kier molecular flexibility index (Phi) is 8.48. The number of fused-ring (bicyclic) bond motifs is 1. The van der Waals surface area contributed by atoms with Crippen LogP contribution in [0.4, 0.5) is 0 Å².